The molecule has 17 heavy (non-hydrogen) atoms. The Morgan fingerprint density at radius 2 is 2.06 bits per heavy atom. The average Bonchev–Trinajstić information content (AvgIpc) is 2.61. The van der Waals surface area contributed by atoms with Gasteiger partial charge in [-0.1, -0.05) is 26.2 Å². The molecular weight excluding hydrogens is 218 g/mol. The molecule has 2 rings (SSSR count). The second-order valence-electron chi connectivity index (χ2n) is 5.21. The molecule has 1 fully saturated rings. The fourth-order valence-corrected chi connectivity index (χ4v) is 2.54. The SMILES string of the molecule is Cc1oc(C2(C)CCCCC2)nc1CC(=O)O. The van der Waals surface area contributed by atoms with Crippen molar-refractivity contribution in [2.45, 2.75) is 57.8 Å². The van der Waals surface area contributed by atoms with Gasteiger partial charge in [-0.05, 0) is 19.8 Å². The molecule has 1 saturated carbocycles. The summed E-state index contributed by atoms with van der Waals surface area (Å²) < 4.78 is 5.68. The van der Waals surface area contributed by atoms with E-state index in [4.69, 9.17) is 9.52 Å². The predicted molar refractivity (Wildman–Crippen MR) is 63.0 cm³/mol. The Bertz CT molecular complexity index is 416. The van der Waals surface area contributed by atoms with Gasteiger partial charge in [0.25, 0.3) is 0 Å². The monoisotopic (exact) mass is 237 g/mol. The molecule has 1 heterocycles. The number of aromatic nitrogens is 1. The predicted octanol–water partition coefficient (Wildman–Crippen LogP) is 2.83. The molecule has 0 bridgehead atoms. The van der Waals surface area contributed by atoms with Gasteiger partial charge < -0.3 is 9.52 Å². The van der Waals surface area contributed by atoms with Crippen LogP contribution in [-0.4, -0.2) is 16.1 Å². The zero-order valence-corrected chi connectivity index (χ0v) is 10.5. The lowest BCUT2D eigenvalue weighted by molar-refractivity contribution is -0.136. The third-order valence-electron chi connectivity index (χ3n) is 3.68. The van der Waals surface area contributed by atoms with Gasteiger partial charge in [0.15, 0.2) is 0 Å². The van der Waals surface area contributed by atoms with E-state index in [1.165, 1.54) is 19.3 Å². The van der Waals surface area contributed by atoms with Gasteiger partial charge in [0, 0.05) is 5.41 Å². The van der Waals surface area contributed by atoms with Crippen LogP contribution in [0.4, 0.5) is 0 Å². The fraction of sp³-hybridized carbons (Fsp3) is 0.692. The van der Waals surface area contributed by atoms with Crippen molar-refractivity contribution in [2.24, 2.45) is 0 Å². The third kappa shape index (κ3) is 2.51. The zero-order valence-electron chi connectivity index (χ0n) is 10.5. The quantitative estimate of drug-likeness (QED) is 0.878. The molecule has 0 aliphatic heterocycles. The van der Waals surface area contributed by atoms with Crippen molar-refractivity contribution in [1.82, 2.24) is 4.98 Å². The normalized spacial score (nSPS) is 19.2. The zero-order chi connectivity index (χ0) is 12.5. The van der Waals surface area contributed by atoms with E-state index < -0.39 is 5.97 Å². The highest BCUT2D eigenvalue weighted by atomic mass is 16.4. The van der Waals surface area contributed by atoms with E-state index >= 15 is 0 Å². The van der Waals surface area contributed by atoms with Gasteiger partial charge in [0.05, 0.1) is 12.1 Å². The summed E-state index contributed by atoms with van der Waals surface area (Å²) in [6, 6.07) is 0. The van der Waals surface area contributed by atoms with Crippen LogP contribution in [0.2, 0.25) is 0 Å². The summed E-state index contributed by atoms with van der Waals surface area (Å²) >= 11 is 0. The number of nitrogens with zero attached hydrogens (tertiary/aromatic N) is 1. The number of hydrogen-bond donors (Lipinski definition) is 1. The summed E-state index contributed by atoms with van der Waals surface area (Å²) in [6.45, 7) is 3.96. The lowest BCUT2D eigenvalue weighted by Crippen LogP contribution is -2.25. The molecular formula is C13H19NO3. The van der Waals surface area contributed by atoms with Crippen LogP contribution in [0.3, 0.4) is 0 Å². The topological polar surface area (TPSA) is 63.3 Å². The van der Waals surface area contributed by atoms with Crippen LogP contribution >= 0.6 is 0 Å². The van der Waals surface area contributed by atoms with Crippen molar-refractivity contribution in [3.63, 3.8) is 0 Å². The van der Waals surface area contributed by atoms with Crippen LogP contribution in [-0.2, 0) is 16.6 Å². The highest BCUT2D eigenvalue weighted by Crippen LogP contribution is 2.39. The Labute approximate surface area is 101 Å². The maximum absolute atomic E-state index is 10.7. The maximum Gasteiger partial charge on any atom is 0.309 e. The molecule has 4 nitrogen and oxygen atoms in total. The van der Waals surface area contributed by atoms with E-state index in [1.807, 2.05) is 0 Å². The van der Waals surface area contributed by atoms with E-state index in [1.54, 1.807) is 6.92 Å². The van der Waals surface area contributed by atoms with Crippen molar-refractivity contribution in [1.29, 1.82) is 0 Å². The van der Waals surface area contributed by atoms with Crippen LogP contribution in [0.25, 0.3) is 0 Å². The average molecular weight is 237 g/mol. The van der Waals surface area contributed by atoms with Crippen LogP contribution in [0.5, 0.6) is 0 Å². The minimum atomic E-state index is -0.859. The largest absolute Gasteiger partial charge is 0.481 e. The van der Waals surface area contributed by atoms with Gasteiger partial charge >= 0.3 is 5.97 Å². The summed E-state index contributed by atoms with van der Waals surface area (Å²) in [6.07, 6.45) is 5.79. The van der Waals surface area contributed by atoms with Crippen LogP contribution < -0.4 is 0 Å². The van der Waals surface area contributed by atoms with Crippen molar-refractivity contribution in [3.8, 4) is 0 Å². The molecule has 0 saturated heterocycles. The van der Waals surface area contributed by atoms with Crippen molar-refractivity contribution < 1.29 is 14.3 Å². The van der Waals surface area contributed by atoms with Crippen LogP contribution in [0, 0.1) is 6.92 Å². The lowest BCUT2D eigenvalue weighted by Gasteiger charge is -2.30. The molecule has 1 aromatic rings. The molecule has 1 aliphatic carbocycles. The smallest absolute Gasteiger partial charge is 0.309 e. The molecule has 0 aromatic carbocycles. The molecule has 0 atom stereocenters. The summed E-state index contributed by atoms with van der Waals surface area (Å²) in [5.74, 6) is 0.516. The van der Waals surface area contributed by atoms with E-state index in [-0.39, 0.29) is 11.8 Å². The number of oxazole rings is 1. The number of carboxylic acids is 1. The molecule has 4 heteroatoms. The van der Waals surface area contributed by atoms with Gasteiger partial charge in [0.1, 0.15) is 5.76 Å². The Morgan fingerprint density at radius 3 is 2.65 bits per heavy atom. The molecule has 1 N–H and O–H groups in total. The van der Waals surface area contributed by atoms with Crippen LogP contribution in [0.15, 0.2) is 4.42 Å². The Kier molecular flexibility index (Phi) is 3.22. The van der Waals surface area contributed by atoms with Crippen LogP contribution in [0.1, 0.15) is 56.4 Å². The summed E-state index contributed by atoms with van der Waals surface area (Å²) in [5, 5.41) is 8.79. The first-order valence-electron chi connectivity index (χ1n) is 6.20. The van der Waals surface area contributed by atoms with E-state index in [2.05, 4.69) is 11.9 Å². The first-order valence-corrected chi connectivity index (χ1v) is 6.20. The number of aryl methyl sites for hydroxylation is 1. The molecule has 1 aliphatic rings. The summed E-state index contributed by atoms with van der Waals surface area (Å²) in [5.41, 5.74) is 0.569. The number of aliphatic carboxylic acids is 1. The van der Waals surface area contributed by atoms with Gasteiger partial charge in [-0.3, -0.25) is 4.79 Å². The van der Waals surface area contributed by atoms with E-state index in [9.17, 15) is 4.79 Å². The van der Waals surface area contributed by atoms with Gasteiger partial charge in [-0.25, -0.2) is 4.98 Å². The Balaban J connectivity index is 2.23. The lowest BCUT2D eigenvalue weighted by atomic mass is 9.76. The number of rotatable bonds is 3. The third-order valence-corrected chi connectivity index (χ3v) is 3.68. The first kappa shape index (κ1) is 12.1. The Morgan fingerprint density at radius 1 is 1.41 bits per heavy atom. The van der Waals surface area contributed by atoms with Crippen molar-refractivity contribution in [2.75, 3.05) is 0 Å². The summed E-state index contributed by atoms with van der Waals surface area (Å²) in [4.78, 5) is 15.1. The molecule has 94 valence electrons. The maximum atomic E-state index is 10.7. The standard InChI is InChI=1S/C13H19NO3/c1-9-10(8-11(15)16)14-12(17-9)13(2)6-4-3-5-7-13/h3-8H2,1-2H3,(H,15,16). The molecule has 1 aromatic heterocycles. The van der Waals surface area contributed by atoms with Crippen molar-refractivity contribution in [3.05, 3.63) is 17.3 Å². The minimum Gasteiger partial charge on any atom is -0.481 e. The van der Waals surface area contributed by atoms with Crippen molar-refractivity contribution >= 4 is 5.97 Å². The van der Waals surface area contributed by atoms with E-state index in [0.717, 1.165) is 18.7 Å². The molecule has 0 amide bonds. The highest BCUT2D eigenvalue weighted by Gasteiger charge is 2.34. The second-order valence-corrected chi connectivity index (χ2v) is 5.21. The minimum absolute atomic E-state index is 0.000235. The first-order chi connectivity index (χ1) is 8.01. The van der Waals surface area contributed by atoms with E-state index in [0.29, 0.717) is 11.5 Å². The van der Waals surface area contributed by atoms with Gasteiger partial charge in [-0.15, -0.1) is 0 Å². The summed E-state index contributed by atoms with van der Waals surface area (Å²) in [7, 11) is 0. The Hall–Kier alpha value is -1.32. The number of hydrogen-bond acceptors (Lipinski definition) is 3. The molecule has 0 radical (unpaired) electrons. The second kappa shape index (κ2) is 4.51. The van der Waals surface area contributed by atoms with Gasteiger partial charge in [0.2, 0.25) is 5.89 Å². The number of carbonyl (C=O) groups is 1. The van der Waals surface area contributed by atoms with Gasteiger partial charge in [-0.2, -0.15) is 0 Å². The highest BCUT2D eigenvalue weighted by molar-refractivity contribution is 5.69. The fourth-order valence-electron chi connectivity index (χ4n) is 2.54. The number of carboxylic acid groups (broad SMARTS) is 1. The molecule has 0 spiro atoms. The molecule has 0 unspecified atom stereocenters.